The Morgan fingerprint density at radius 3 is 2.69 bits per heavy atom. The van der Waals surface area contributed by atoms with Crippen LogP contribution in [0, 0.1) is 0 Å². The fourth-order valence-corrected chi connectivity index (χ4v) is 2.71. The molecule has 0 atom stereocenters. The molecular formula is C22H19F3N6O. The molecule has 3 aromatic rings. The lowest BCUT2D eigenvalue weighted by molar-refractivity contribution is -0.141. The molecule has 3 rings (SSSR count). The Kier molecular flexibility index (Phi) is 6.93. The highest BCUT2D eigenvalue weighted by atomic mass is 19.4. The summed E-state index contributed by atoms with van der Waals surface area (Å²) >= 11 is 0. The van der Waals surface area contributed by atoms with Crippen LogP contribution < -0.4 is 5.32 Å². The third-order valence-corrected chi connectivity index (χ3v) is 4.21. The summed E-state index contributed by atoms with van der Waals surface area (Å²) in [6.07, 6.45) is 6.00. The molecule has 0 bridgehead atoms. The molecule has 0 aromatic carbocycles. The predicted molar refractivity (Wildman–Crippen MR) is 115 cm³/mol. The van der Waals surface area contributed by atoms with Gasteiger partial charge in [0.2, 0.25) is 5.91 Å². The number of hydrogen-bond acceptors (Lipinski definition) is 5. The molecule has 0 saturated heterocycles. The van der Waals surface area contributed by atoms with Crippen LogP contribution in [0.5, 0.6) is 0 Å². The number of anilines is 1. The van der Waals surface area contributed by atoms with E-state index >= 15 is 0 Å². The van der Waals surface area contributed by atoms with E-state index in [0.29, 0.717) is 22.7 Å². The van der Waals surface area contributed by atoms with Crippen molar-refractivity contribution in [2.75, 3.05) is 5.32 Å². The lowest BCUT2D eigenvalue weighted by Crippen LogP contribution is -2.19. The standard InChI is InChI=1S/C22H19F3N6O/c1-3-8-26-18(4-2)16-5-6-20(28-11-16)30-21(32)14-31-13-17(12-29-31)15-7-9-27-19(10-15)22(23,24)25/h3-13H,2,14H2,1H3,(H,28,30,32)/b8-3-,26-18?. The Morgan fingerprint density at radius 1 is 1.22 bits per heavy atom. The quantitative estimate of drug-likeness (QED) is 0.548. The van der Waals surface area contributed by atoms with E-state index in [0.717, 1.165) is 17.8 Å². The maximum absolute atomic E-state index is 12.9. The molecule has 3 heterocycles. The molecule has 3 aromatic heterocycles. The van der Waals surface area contributed by atoms with Crippen LogP contribution in [-0.2, 0) is 17.5 Å². The van der Waals surface area contributed by atoms with E-state index in [9.17, 15) is 18.0 Å². The van der Waals surface area contributed by atoms with Gasteiger partial charge in [-0.05, 0) is 42.8 Å². The van der Waals surface area contributed by atoms with Crippen molar-refractivity contribution in [3.05, 3.63) is 85.2 Å². The van der Waals surface area contributed by atoms with Crippen molar-refractivity contribution in [3.63, 3.8) is 0 Å². The van der Waals surface area contributed by atoms with Gasteiger partial charge in [0, 0.05) is 35.9 Å². The van der Waals surface area contributed by atoms with E-state index < -0.39 is 17.8 Å². The number of allylic oxidation sites excluding steroid dienone is 2. The van der Waals surface area contributed by atoms with Crippen LogP contribution in [0.2, 0.25) is 0 Å². The lowest BCUT2D eigenvalue weighted by atomic mass is 10.1. The molecule has 0 saturated carbocycles. The van der Waals surface area contributed by atoms with Crippen LogP contribution in [0.3, 0.4) is 0 Å². The zero-order chi connectivity index (χ0) is 23.1. The highest BCUT2D eigenvalue weighted by Crippen LogP contribution is 2.30. The maximum atomic E-state index is 12.9. The molecule has 0 radical (unpaired) electrons. The molecule has 1 N–H and O–H groups in total. The Hall–Kier alpha value is -4.08. The van der Waals surface area contributed by atoms with Crippen molar-refractivity contribution < 1.29 is 18.0 Å². The van der Waals surface area contributed by atoms with Gasteiger partial charge in [-0.1, -0.05) is 12.7 Å². The van der Waals surface area contributed by atoms with Crippen LogP contribution in [0.1, 0.15) is 18.2 Å². The molecule has 32 heavy (non-hydrogen) atoms. The highest BCUT2D eigenvalue weighted by molar-refractivity contribution is 6.08. The molecule has 0 fully saturated rings. The second kappa shape index (κ2) is 9.82. The average molecular weight is 440 g/mol. The minimum Gasteiger partial charge on any atom is -0.309 e. The Morgan fingerprint density at radius 2 is 2.03 bits per heavy atom. The van der Waals surface area contributed by atoms with Crippen molar-refractivity contribution in [3.8, 4) is 11.1 Å². The van der Waals surface area contributed by atoms with Gasteiger partial charge in [-0.3, -0.25) is 19.5 Å². The van der Waals surface area contributed by atoms with Crippen molar-refractivity contribution in [1.29, 1.82) is 0 Å². The summed E-state index contributed by atoms with van der Waals surface area (Å²) in [6, 6.07) is 5.76. The molecule has 0 aliphatic carbocycles. The zero-order valence-electron chi connectivity index (χ0n) is 17.0. The van der Waals surface area contributed by atoms with Crippen LogP contribution in [-0.4, -0.2) is 31.4 Å². The number of amides is 1. The fourth-order valence-electron chi connectivity index (χ4n) is 2.71. The minimum atomic E-state index is -4.54. The van der Waals surface area contributed by atoms with Crippen molar-refractivity contribution in [1.82, 2.24) is 19.7 Å². The molecule has 0 spiro atoms. The molecule has 0 unspecified atom stereocenters. The van der Waals surface area contributed by atoms with Crippen molar-refractivity contribution in [2.45, 2.75) is 19.6 Å². The Balaban J connectivity index is 1.65. The van der Waals surface area contributed by atoms with Gasteiger partial charge in [0.1, 0.15) is 18.1 Å². The third-order valence-electron chi connectivity index (χ3n) is 4.21. The first kappa shape index (κ1) is 22.6. The van der Waals surface area contributed by atoms with E-state index in [-0.39, 0.29) is 6.54 Å². The maximum Gasteiger partial charge on any atom is 0.433 e. The fraction of sp³-hybridized carbons (Fsp3) is 0.136. The second-order valence-electron chi connectivity index (χ2n) is 6.54. The van der Waals surface area contributed by atoms with Crippen LogP contribution >= 0.6 is 0 Å². The summed E-state index contributed by atoms with van der Waals surface area (Å²) in [5.74, 6) is -0.0540. The smallest absolute Gasteiger partial charge is 0.309 e. The Labute approximate surface area is 182 Å². The highest BCUT2D eigenvalue weighted by Gasteiger charge is 2.32. The lowest BCUT2D eigenvalue weighted by Gasteiger charge is -2.07. The van der Waals surface area contributed by atoms with Gasteiger partial charge in [0.25, 0.3) is 0 Å². The molecule has 0 aliphatic heterocycles. The summed E-state index contributed by atoms with van der Waals surface area (Å²) in [4.78, 5) is 24.1. The number of aliphatic imine (C=N–C) groups is 1. The van der Waals surface area contributed by atoms with Gasteiger partial charge in [-0.15, -0.1) is 0 Å². The normalized spacial score (nSPS) is 12.2. The van der Waals surface area contributed by atoms with Crippen LogP contribution in [0.15, 0.2) is 79.0 Å². The van der Waals surface area contributed by atoms with Crippen LogP contribution in [0.25, 0.3) is 11.1 Å². The monoisotopic (exact) mass is 440 g/mol. The minimum absolute atomic E-state index is 0.138. The van der Waals surface area contributed by atoms with E-state index in [1.54, 1.807) is 36.7 Å². The second-order valence-corrected chi connectivity index (χ2v) is 6.54. The average Bonchev–Trinajstić information content (AvgIpc) is 3.23. The van der Waals surface area contributed by atoms with Gasteiger partial charge in [0.05, 0.1) is 11.9 Å². The van der Waals surface area contributed by atoms with E-state index in [1.165, 1.54) is 23.1 Å². The first-order valence-corrected chi connectivity index (χ1v) is 9.44. The zero-order valence-corrected chi connectivity index (χ0v) is 17.0. The number of carbonyl (C=O) groups is 1. The topological polar surface area (TPSA) is 85.1 Å². The number of hydrogen-bond donors (Lipinski definition) is 1. The number of halogens is 3. The molecule has 1 amide bonds. The largest absolute Gasteiger partial charge is 0.433 e. The van der Waals surface area contributed by atoms with Gasteiger partial charge in [0.15, 0.2) is 0 Å². The van der Waals surface area contributed by atoms with Gasteiger partial charge in [-0.25, -0.2) is 4.98 Å². The third kappa shape index (κ3) is 5.75. The van der Waals surface area contributed by atoms with Crippen LogP contribution in [0.4, 0.5) is 19.0 Å². The van der Waals surface area contributed by atoms with E-state index in [4.69, 9.17) is 0 Å². The SMILES string of the molecule is C=CC(=N/C=C\C)c1ccc(NC(=O)Cn2cc(-c3ccnc(C(F)(F)F)c3)cn2)nc1. The number of nitrogens with zero attached hydrogens (tertiary/aromatic N) is 5. The molecular weight excluding hydrogens is 421 g/mol. The van der Waals surface area contributed by atoms with Gasteiger partial charge < -0.3 is 5.32 Å². The number of aromatic nitrogens is 4. The number of alkyl halides is 3. The number of rotatable bonds is 7. The number of carbonyl (C=O) groups excluding carboxylic acids is 1. The Bertz CT molecular complexity index is 1160. The predicted octanol–water partition coefficient (Wildman–Crippen LogP) is 4.51. The summed E-state index contributed by atoms with van der Waals surface area (Å²) < 4.78 is 39.9. The number of nitrogens with one attached hydrogen (secondary N) is 1. The summed E-state index contributed by atoms with van der Waals surface area (Å²) in [7, 11) is 0. The molecule has 7 nitrogen and oxygen atoms in total. The van der Waals surface area contributed by atoms with Gasteiger partial charge in [-0.2, -0.15) is 18.3 Å². The van der Waals surface area contributed by atoms with Crippen molar-refractivity contribution >= 4 is 17.4 Å². The summed E-state index contributed by atoms with van der Waals surface area (Å²) in [6.45, 7) is 5.43. The summed E-state index contributed by atoms with van der Waals surface area (Å²) in [5.41, 5.74) is 1.12. The molecule has 164 valence electrons. The molecule has 0 aliphatic rings. The van der Waals surface area contributed by atoms with E-state index in [1.807, 2.05) is 6.92 Å². The number of pyridine rings is 2. The first-order chi connectivity index (χ1) is 15.3. The summed E-state index contributed by atoms with van der Waals surface area (Å²) in [5, 5.41) is 6.69. The van der Waals surface area contributed by atoms with Gasteiger partial charge >= 0.3 is 6.18 Å². The first-order valence-electron chi connectivity index (χ1n) is 9.44. The van der Waals surface area contributed by atoms with E-state index in [2.05, 4.69) is 32.0 Å². The molecule has 10 heteroatoms. The van der Waals surface area contributed by atoms with Crippen molar-refractivity contribution in [2.24, 2.45) is 4.99 Å².